The van der Waals surface area contributed by atoms with E-state index in [9.17, 15) is 4.79 Å². The standard InChI is InChI=1S/C16H24N2O3/c1-3-18(11-16(19)20)14-8-13(9-14)17-10-12-4-6-15(21-2)7-5-12/h4-7,13-14,17H,3,8-11H2,1-2H3,(H,19,20). The zero-order valence-electron chi connectivity index (χ0n) is 12.7. The Balaban J connectivity index is 1.71. The van der Waals surface area contributed by atoms with Crippen LogP contribution in [-0.4, -0.2) is 48.3 Å². The SMILES string of the molecule is CCN(CC(=O)O)C1CC(NCc2ccc(OC)cc2)C1. The molecule has 0 heterocycles. The van der Waals surface area contributed by atoms with Crippen LogP contribution in [0, 0.1) is 0 Å². The van der Waals surface area contributed by atoms with Crippen molar-refractivity contribution in [1.29, 1.82) is 0 Å². The Labute approximate surface area is 125 Å². The summed E-state index contributed by atoms with van der Waals surface area (Å²) in [5, 5.41) is 12.4. The Kier molecular flexibility index (Phi) is 5.59. The molecule has 0 unspecified atom stereocenters. The van der Waals surface area contributed by atoms with E-state index in [4.69, 9.17) is 9.84 Å². The molecule has 21 heavy (non-hydrogen) atoms. The summed E-state index contributed by atoms with van der Waals surface area (Å²) in [6.45, 7) is 3.79. The molecule has 0 aliphatic heterocycles. The van der Waals surface area contributed by atoms with Crippen molar-refractivity contribution in [2.45, 2.75) is 38.4 Å². The second-order valence-electron chi connectivity index (χ2n) is 5.51. The fraction of sp³-hybridized carbons (Fsp3) is 0.562. The molecule has 1 aromatic rings. The van der Waals surface area contributed by atoms with Crippen molar-refractivity contribution in [1.82, 2.24) is 10.2 Å². The lowest BCUT2D eigenvalue weighted by Crippen LogP contribution is -2.53. The molecule has 1 saturated carbocycles. The highest BCUT2D eigenvalue weighted by Crippen LogP contribution is 2.26. The van der Waals surface area contributed by atoms with Gasteiger partial charge < -0.3 is 15.2 Å². The van der Waals surface area contributed by atoms with Crippen molar-refractivity contribution in [3.05, 3.63) is 29.8 Å². The Bertz CT molecular complexity index is 455. The van der Waals surface area contributed by atoms with Crippen LogP contribution >= 0.6 is 0 Å². The van der Waals surface area contributed by atoms with Crippen LogP contribution in [0.3, 0.4) is 0 Å². The van der Waals surface area contributed by atoms with Crippen molar-refractivity contribution >= 4 is 5.97 Å². The second kappa shape index (κ2) is 7.43. The zero-order valence-corrected chi connectivity index (χ0v) is 12.7. The molecule has 0 atom stereocenters. The highest BCUT2D eigenvalue weighted by Gasteiger charge is 2.33. The molecule has 1 aromatic carbocycles. The number of nitrogens with zero attached hydrogens (tertiary/aromatic N) is 1. The average molecular weight is 292 g/mol. The van der Waals surface area contributed by atoms with Gasteiger partial charge in [0, 0.05) is 18.6 Å². The van der Waals surface area contributed by atoms with Crippen molar-refractivity contribution in [2.75, 3.05) is 20.2 Å². The molecule has 0 bridgehead atoms. The predicted molar refractivity (Wildman–Crippen MR) is 81.5 cm³/mol. The predicted octanol–water partition coefficient (Wildman–Crippen LogP) is 1.72. The first-order valence-corrected chi connectivity index (χ1v) is 7.44. The van der Waals surface area contributed by atoms with Gasteiger partial charge >= 0.3 is 5.97 Å². The molecular weight excluding hydrogens is 268 g/mol. The molecule has 0 saturated heterocycles. The van der Waals surface area contributed by atoms with Gasteiger partial charge in [-0.05, 0) is 37.1 Å². The van der Waals surface area contributed by atoms with Gasteiger partial charge in [0.25, 0.3) is 0 Å². The van der Waals surface area contributed by atoms with Gasteiger partial charge in [0.15, 0.2) is 0 Å². The van der Waals surface area contributed by atoms with Gasteiger partial charge in [0.05, 0.1) is 13.7 Å². The van der Waals surface area contributed by atoms with Gasteiger partial charge in [-0.15, -0.1) is 0 Å². The van der Waals surface area contributed by atoms with E-state index in [0.717, 1.165) is 31.7 Å². The van der Waals surface area contributed by atoms with Crippen LogP contribution in [0.25, 0.3) is 0 Å². The van der Waals surface area contributed by atoms with Crippen LogP contribution in [0.1, 0.15) is 25.3 Å². The second-order valence-corrected chi connectivity index (χ2v) is 5.51. The Morgan fingerprint density at radius 3 is 2.57 bits per heavy atom. The van der Waals surface area contributed by atoms with E-state index < -0.39 is 5.97 Å². The van der Waals surface area contributed by atoms with E-state index in [2.05, 4.69) is 17.4 Å². The third-order valence-electron chi connectivity index (χ3n) is 4.13. The molecular formula is C16H24N2O3. The van der Waals surface area contributed by atoms with E-state index in [1.165, 1.54) is 5.56 Å². The average Bonchev–Trinajstić information content (AvgIpc) is 2.44. The van der Waals surface area contributed by atoms with Crippen LogP contribution in [0.2, 0.25) is 0 Å². The Hall–Kier alpha value is -1.59. The molecule has 2 rings (SSSR count). The molecule has 1 aliphatic rings. The monoisotopic (exact) mass is 292 g/mol. The van der Waals surface area contributed by atoms with Crippen molar-refractivity contribution < 1.29 is 14.6 Å². The number of rotatable bonds is 8. The Morgan fingerprint density at radius 2 is 2.05 bits per heavy atom. The number of likely N-dealkylation sites (N-methyl/N-ethyl adjacent to an activating group) is 1. The molecule has 0 spiro atoms. The summed E-state index contributed by atoms with van der Waals surface area (Å²) in [6.07, 6.45) is 2.05. The number of carboxylic acids is 1. The molecule has 1 aliphatic carbocycles. The summed E-state index contributed by atoms with van der Waals surface area (Å²) in [4.78, 5) is 12.8. The van der Waals surface area contributed by atoms with E-state index in [1.807, 2.05) is 24.0 Å². The lowest BCUT2D eigenvalue weighted by atomic mass is 9.85. The number of nitrogens with one attached hydrogen (secondary N) is 1. The molecule has 0 amide bonds. The number of aliphatic carboxylic acids is 1. The van der Waals surface area contributed by atoms with E-state index in [1.54, 1.807) is 7.11 Å². The third kappa shape index (κ3) is 4.44. The lowest BCUT2D eigenvalue weighted by molar-refractivity contribution is -0.139. The van der Waals surface area contributed by atoms with Gasteiger partial charge in [-0.2, -0.15) is 0 Å². The normalized spacial score (nSPS) is 21.1. The molecule has 0 aromatic heterocycles. The van der Waals surface area contributed by atoms with Crippen molar-refractivity contribution in [3.63, 3.8) is 0 Å². The first-order valence-electron chi connectivity index (χ1n) is 7.44. The maximum atomic E-state index is 10.8. The minimum atomic E-state index is -0.744. The topological polar surface area (TPSA) is 61.8 Å². The van der Waals surface area contributed by atoms with Crippen LogP contribution in [-0.2, 0) is 11.3 Å². The highest BCUT2D eigenvalue weighted by molar-refractivity contribution is 5.69. The number of carboxylic acid groups (broad SMARTS) is 1. The fourth-order valence-corrected chi connectivity index (χ4v) is 2.73. The maximum absolute atomic E-state index is 10.8. The lowest BCUT2D eigenvalue weighted by Gasteiger charge is -2.42. The number of hydrogen-bond acceptors (Lipinski definition) is 4. The van der Waals surface area contributed by atoms with E-state index in [-0.39, 0.29) is 6.54 Å². The summed E-state index contributed by atoms with van der Waals surface area (Å²) >= 11 is 0. The largest absolute Gasteiger partial charge is 0.497 e. The summed E-state index contributed by atoms with van der Waals surface area (Å²) < 4.78 is 5.14. The number of benzene rings is 1. The number of hydrogen-bond donors (Lipinski definition) is 2. The minimum Gasteiger partial charge on any atom is -0.497 e. The van der Waals surface area contributed by atoms with Gasteiger partial charge in [0.1, 0.15) is 5.75 Å². The van der Waals surface area contributed by atoms with E-state index in [0.29, 0.717) is 12.1 Å². The van der Waals surface area contributed by atoms with Crippen LogP contribution < -0.4 is 10.1 Å². The quantitative estimate of drug-likeness (QED) is 0.764. The molecule has 5 nitrogen and oxygen atoms in total. The smallest absolute Gasteiger partial charge is 0.317 e. The van der Waals surface area contributed by atoms with Crippen LogP contribution in [0.4, 0.5) is 0 Å². The van der Waals surface area contributed by atoms with Gasteiger partial charge in [-0.1, -0.05) is 19.1 Å². The highest BCUT2D eigenvalue weighted by atomic mass is 16.5. The number of methoxy groups -OCH3 is 1. The van der Waals surface area contributed by atoms with Crippen molar-refractivity contribution in [2.24, 2.45) is 0 Å². The first kappa shape index (κ1) is 15.8. The molecule has 5 heteroatoms. The zero-order chi connectivity index (χ0) is 15.2. The van der Waals surface area contributed by atoms with Gasteiger partial charge in [-0.3, -0.25) is 9.69 Å². The molecule has 2 N–H and O–H groups in total. The summed E-state index contributed by atoms with van der Waals surface area (Å²) in [5.41, 5.74) is 1.23. The third-order valence-corrected chi connectivity index (χ3v) is 4.13. The van der Waals surface area contributed by atoms with Gasteiger partial charge in [0.2, 0.25) is 0 Å². The molecule has 1 fully saturated rings. The van der Waals surface area contributed by atoms with Crippen LogP contribution in [0.5, 0.6) is 5.75 Å². The minimum absolute atomic E-state index is 0.145. The van der Waals surface area contributed by atoms with Gasteiger partial charge in [-0.25, -0.2) is 0 Å². The number of ether oxygens (including phenoxy) is 1. The molecule has 0 radical (unpaired) electrons. The fourth-order valence-electron chi connectivity index (χ4n) is 2.73. The van der Waals surface area contributed by atoms with Crippen molar-refractivity contribution in [3.8, 4) is 5.75 Å². The van der Waals surface area contributed by atoms with E-state index >= 15 is 0 Å². The maximum Gasteiger partial charge on any atom is 0.317 e. The summed E-state index contributed by atoms with van der Waals surface area (Å²) in [5.74, 6) is 0.126. The number of carbonyl (C=O) groups is 1. The Morgan fingerprint density at radius 1 is 1.38 bits per heavy atom. The van der Waals surface area contributed by atoms with Crippen LogP contribution in [0.15, 0.2) is 24.3 Å². The first-order chi connectivity index (χ1) is 10.1. The summed E-state index contributed by atoms with van der Waals surface area (Å²) in [6, 6.07) is 8.94. The molecule has 116 valence electrons. The summed E-state index contributed by atoms with van der Waals surface area (Å²) in [7, 11) is 1.67.